The smallest absolute Gasteiger partial charge is 0.311 e. The van der Waals surface area contributed by atoms with Crippen LogP contribution in [-0.2, 0) is 4.79 Å². The first kappa shape index (κ1) is 15.9. The first-order valence-electron chi connectivity index (χ1n) is 7.21. The van der Waals surface area contributed by atoms with Crippen molar-refractivity contribution >= 4 is 5.97 Å². The van der Waals surface area contributed by atoms with Gasteiger partial charge >= 0.3 is 5.97 Å². The van der Waals surface area contributed by atoms with Gasteiger partial charge in [0, 0.05) is 18.2 Å². The van der Waals surface area contributed by atoms with E-state index in [9.17, 15) is 18.7 Å². The topological polar surface area (TPSA) is 40.5 Å². The normalized spacial score (nSPS) is 24.5. The molecule has 1 aliphatic heterocycles. The van der Waals surface area contributed by atoms with Gasteiger partial charge in [-0.25, -0.2) is 8.78 Å². The van der Waals surface area contributed by atoms with Crippen LogP contribution in [0.3, 0.4) is 0 Å². The van der Waals surface area contributed by atoms with Gasteiger partial charge in [-0.3, -0.25) is 9.69 Å². The average molecular weight is 297 g/mol. The fourth-order valence-electron chi connectivity index (χ4n) is 3.13. The monoisotopic (exact) mass is 297 g/mol. The lowest BCUT2D eigenvalue weighted by Crippen LogP contribution is -2.39. The number of likely N-dealkylation sites (tertiary alicyclic amines) is 1. The molecular weight excluding hydrogens is 276 g/mol. The van der Waals surface area contributed by atoms with Crippen molar-refractivity contribution in [2.24, 2.45) is 11.3 Å². The number of nitrogens with zero attached hydrogens (tertiary/aromatic N) is 1. The number of hydrogen-bond donors (Lipinski definition) is 1. The van der Waals surface area contributed by atoms with Gasteiger partial charge in [0.1, 0.15) is 0 Å². The van der Waals surface area contributed by atoms with Crippen LogP contribution >= 0.6 is 0 Å². The number of rotatable bonds is 4. The van der Waals surface area contributed by atoms with E-state index < -0.39 is 23.0 Å². The van der Waals surface area contributed by atoms with Gasteiger partial charge < -0.3 is 5.11 Å². The standard InChI is InChI=1S/C16H21F2NO2/c1-10(2)16(15(20)21)7-8-19(9-16)11(3)12-5-4-6-13(17)14(12)18/h4-6,10-11H,7-9H2,1-3H3,(H,20,21). The van der Waals surface area contributed by atoms with Crippen LogP contribution in [0.2, 0.25) is 0 Å². The van der Waals surface area contributed by atoms with Gasteiger partial charge in [0.15, 0.2) is 11.6 Å². The van der Waals surface area contributed by atoms with Gasteiger partial charge in [-0.1, -0.05) is 26.0 Å². The summed E-state index contributed by atoms with van der Waals surface area (Å²) in [6.07, 6.45) is 0.529. The average Bonchev–Trinajstić information content (AvgIpc) is 2.87. The van der Waals surface area contributed by atoms with Gasteiger partial charge in [0.05, 0.1) is 5.41 Å². The minimum atomic E-state index is -0.869. The largest absolute Gasteiger partial charge is 0.481 e. The first-order chi connectivity index (χ1) is 9.79. The van der Waals surface area contributed by atoms with Crippen LogP contribution in [0.25, 0.3) is 0 Å². The van der Waals surface area contributed by atoms with Crippen LogP contribution < -0.4 is 0 Å². The fraction of sp³-hybridized carbons (Fsp3) is 0.562. The van der Waals surface area contributed by atoms with E-state index in [0.717, 1.165) is 6.07 Å². The van der Waals surface area contributed by atoms with Gasteiger partial charge in [0.2, 0.25) is 0 Å². The van der Waals surface area contributed by atoms with Crippen LogP contribution in [0.5, 0.6) is 0 Å². The lowest BCUT2D eigenvalue weighted by Gasteiger charge is -2.31. The maximum Gasteiger partial charge on any atom is 0.311 e. The molecule has 1 heterocycles. The van der Waals surface area contributed by atoms with Crippen molar-refractivity contribution in [3.63, 3.8) is 0 Å². The molecule has 2 unspecified atom stereocenters. The second-order valence-electron chi connectivity index (χ2n) is 6.16. The maximum atomic E-state index is 13.9. The number of carboxylic acids is 1. The molecule has 0 aromatic heterocycles. The predicted molar refractivity (Wildman–Crippen MR) is 75.9 cm³/mol. The highest BCUT2D eigenvalue weighted by molar-refractivity contribution is 5.75. The van der Waals surface area contributed by atoms with Crippen LogP contribution in [-0.4, -0.2) is 29.1 Å². The highest BCUT2D eigenvalue weighted by Crippen LogP contribution is 2.41. The molecule has 21 heavy (non-hydrogen) atoms. The molecule has 0 radical (unpaired) electrons. The number of halogens is 2. The van der Waals surface area contributed by atoms with Crippen molar-refractivity contribution in [3.05, 3.63) is 35.4 Å². The maximum absolute atomic E-state index is 13.9. The molecule has 0 amide bonds. The van der Waals surface area contributed by atoms with Crippen molar-refractivity contribution in [1.82, 2.24) is 4.90 Å². The van der Waals surface area contributed by atoms with Gasteiger partial charge in [-0.05, 0) is 31.9 Å². The Kier molecular flexibility index (Phi) is 4.33. The van der Waals surface area contributed by atoms with Crippen molar-refractivity contribution in [2.45, 2.75) is 33.2 Å². The Balaban J connectivity index is 2.25. The Hall–Kier alpha value is -1.49. The zero-order valence-electron chi connectivity index (χ0n) is 12.6. The zero-order valence-corrected chi connectivity index (χ0v) is 12.6. The Morgan fingerprint density at radius 1 is 1.33 bits per heavy atom. The number of carboxylic acid groups (broad SMARTS) is 1. The molecule has 0 bridgehead atoms. The van der Waals surface area contributed by atoms with E-state index in [0.29, 0.717) is 19.5 Å². The second-order valence-corrected chi connectivity index (χ2v) is 6.16. The first-order valence-corrected chi connectivity index (χ1v) is 7.21. The summed E-state index contributed by atoms with van der Waals surface area (Å²) in [5, 5.41) is 9.54. The summed E-state index contributed by atoms with van der Waals surface area (Å²) < 4.78 is 27.2. The molecule has 2 atom stereocenters. The number of carbonyl (C=O) groups is 1. The third-order valence-electron chi connectivity index (χ3n) is 4.84. The van der Waals surface area contributed by atoms with Crippen LogP contribution in [0.15, 0.2) is 18.2 Å². The number of benzene rings is 1. The van der Waals surface area contributed by atoms with Crippen LogP contribution in [0.1, 0.15) is 38.8 Å². The van der Waals surface area contributed by atoms with Crippen molar-refractivity contribution in [2.75, 3.05) is 13.1 Å². The Labute approximate surface area is 123 Å². The van der Waals surface area contributed by atoms with E-state index in [-0.39, 0.29) is 17.5 Å². The molecule has 1 aromatic carbocycles. The lowest BCUT2D eigenvalue weighted by atomic mass is 9.76. The van der Waals surface area contributed by atoms with Gasteiger partial charge in [-0.2, -0.15) is 0 Å². The third-order valence-corrected chi connectivity index (χ3v) is 4.84. The van der Waals surface area contributed by atoms with Crippen molar-refractivity contribution < 1.29 is 18.7 Å². The molecule has 1 saturated heterocycles. The summed E-state index contributed by atoms with van der Waals surface area (Å²) in [6, 6.07) is 3.78. The molecule has 116 valence electrons. The van der Waals surface area contributed by atoms with E-state index >= 15 is 0 Å². The molecule has 1 fully saturated rings. The van der Waals surface area contributed by atoms with E-state index in [2.05, 4.69) is 0 Å². The number of aliphatic carboxylic acids is 1. The summed E-state index contributed by atoms with van der Waals surface area (Å²) in [6.45, 7) is 6.50. The van der Waals surface area contributed by atoms with Gasteiger partial charge in [0.25, 0.3) is 0 Å². The molecule has 1 aromatic rings. The molecular formula is C16H21F2NO2. The van der Waals surface area contributed by atoms with E-state index in [4.69, 9.17) is 0 Å². The quantitative estimate of drug-likeness (QED) is 0.925. The molecule has 1 N–H and O–H groups in total. The molecule has 0 saturated carbocycles. The minimum Gasteiger partial charge on any atom is -0.481 e. The minimum absolute atomic E-state index is 0.00967. The van der Waals surface area contributed by atoms with Crippen LogP contribution in [0.4, 0.5) is 8.78 Å². The second kappa shape index (κ2) is 5.72. The van der Waals surface area contributed by atoms with Gasteiger partial charge in [-0.15, -0.1) is 0 Å². The Bertz CT molecular complexity index is 547. The molecule has 5 heteroatoms. The summed E-state index contributed by atoms with van der Waals surface area (Å²) >= 11 is 0. The molecule has 0 spiro atoms. The molecule has 0 aliphatic carbocycles. The molecule has 2 rings (SSSR count). The highest BCUT2D eigenvalue weighted by atomic mass is 19.2. The summed E-state index contributed by atoms with van der Waals surface area (Å²) in [4.78, 5) is 13.6. The van der Waals surface area contributed by atoms with Crippen LogP contribution in [0, 0.1) is 23.0 Å². The van der Waals surface area contributed by atoms with E-state index in [1.807, 2.05) is 18.7 Å². The third kappa shape index (κ3) is 2.67. The summed E-state index contributed by atoms with van der Waals surface area (Å²) in [7, 11) is 0. The molecule has 3 nitrogen and oxygen atoms in total. The highest BCUT2D eigenvalue weighted by Gasteiger charge is 2.48. The van der Waals surface area contributed by atoms with E-state index in [1.54, 1.807) is 13.0 Å². The lowest BCUT2D eigenvalue weighted by molar-refractivity contribution is -0.151. The van der Waals surface area contributed by atoms with Crippen molar-refractivity contribution in [1.29, 1.82) is 0 Å². The number of hydrogen-bond acceptors (Lipinski definition) is 2. The zero-order chi connectivity index (χ0) is 15.8. The SMILES string of the molecule is CC(c1cccc(F)c1F)N1CCC(C(=O)O)(C(C)C)C1. The predicted octanol–water partition coefficient (Wildman–Crippen LogP) is 3.46. The summed E-state index contributed by atoms with van der Waals surface area (Å²) in [5.41, 5.74) is -0.530. The van der Waals surface area contributed by atoms with E-state index in [1.165, 1.54) is 6.07 Å². The molecule has 1 aliphatic rings. The van der Waals surface area contributed by atoms with Crippen molar-refractivity contribution in [3.8, 4) is 0 Å². The Morgan fingerprint density at radius 2 is 2.00 bits per heavy atom. The summed E-state index contributed by atoms with van der Waals surface area (Å²) in [5.74, 6) is -2.54. The Morgan fingerprint density at radius 3 is 2.52 bits per heavy atom. The fourth-order valence-corrected chi connectivity index (χ4v) is 3.13.